The van der Waals surface area contributed by atoms with Gasteiger partial charge < -0.3 is 14.8 Å². The van der Waals surface area contributed by atoms with Gasteiger partial charge in [0.1, 0.15) is 16.3 Å². The fourth-order valence-corrected chi connectivity index (χ4v) is 4.75. The van der Waals surface area contributed by atoms with Crippen molar-refractivity contribution in [2.75, 3.05) is 11.9 Å². The molecule has 8 nitrogen and oxygen atoms in total. The minimum absolute atomic E-state index is 0.0634. The van der Waals surface area contributed by atoms with E-state index in [1.54, 1.807) is 45.0 Å². The highest BCUT2D eigenvalue weighted by Crippen LogP contribution is 2.41. The van der Waals surface area contributed by atoms with Crippen molar-refractivity contribution >= 4 is 45.5 Å². The highest BCUT2D eigenvalue weighted by Gasteiger charge is 2.27. The topological polar surface area (TPSA) is 108 Å². The number of nitro groups is 1. The molecule has 0 spiro atoms. The van der Waals surface area contributed by atoms with Gasteiger partial charge in [0.2, 0.25) is 0 Å². The van der Waals surface area contributed by atoms with Crippen LogP contribution in [0.5, 0.6) is 5.75 Å². The van der Waals surface area contributed by atoms with E-state index in [0.29, 0.717) is 26.9 Å². The number of esters is 1. The third-order valence-electron chi connectivity index (χ3n) is 5.26. The molecule has 0 aliphatic heterocycles. The number of anilines is 1. The SMILES string of the molecule is CCOC(=O)c1c(NC(=O)C(C)Oc2cc(C)c(Cl)c(C)c2)sc(C)c1-c1ccc([N+](=O)[O-])cc1. The van der Waals surface area contributed by atoms with Gasteiger partial charge >= 0.3 is 5.97 Å². The number of carbonyl (C=O) groups is 2. The Bertz CT molecular complexity index is 1260. The van der Waals surface area contributed by atoms with E-state index in [4.69, 9.17) is 21.1 Å². The van der Waals surface area contributed by atoms with Gasteiger partial charge in [-0.3, -0.25) is 14.9 Å². The first-order valence-electron chi connectivity index (χ1n) is 10.8. The quantitative estimate of drug-likeness (QED) is 0.208. The van der Waals surface area contributed by atoms with Crippen molar-refractivity contribution in [1.82, 2.24) is 0 Å². The maximum absolute atomic E-state index is 13.0. The largest absolute Gasteiger partial charge is 0.481 e. The van der Waals surface area contributed by atoms with Gasteiger partial charge in [0.25, 0.3) is 11.6 Å². The summed E-state index contributed by atoms with van der Waals surface area (Å²) in [5.74, 6) is -0.540. The Morgan fingerprint density at radius 1 is 1.14 bits per heavy atom. The second-order valence-electron chi connectivity index (χ2n) is 7.88. The fourth-order valence-electron chi connectivity index (χ4n) is 3.57. The molecule has 1 heterocycles. The second kappa shape index (κ2) is 10.9. The van der Waals surface area contributed by atoms with Gasteiger partial charge in [0, 0.05) is 27.6 Å². The molecule has 0 aliphatic rings. The maximum atomic E-state index is 13.0. The van der Waals surface area contributed by atoms with E-state index in [1.807, 2.05) is 13.8 Å². The number of nitrogens with zero attached hydrogens (tertiary/aromatic N) is 1. The number of thiophene rings is 1. The van der Waals surface area contributed by atoms with Crippen molar-refractivity contribution in [3.8, 4) is 16.9 Å². The molecule has 1 amide bonds. The van der Waals surface area contributed by atoms with Crippen molar-refractivity contribution in [2.45, 2.75) is 40.7 Å². The molecule has 0 saturated heterocycles. The van der Waals surface area contributed by atoms with Crippen molar-refractivity contribution in [2.24, 2.45) is 0 Å². The Balaban J connectivity index is 1.92. The monoisotopic (exact) mass is 516 g/mol. The van der Waals surface area contributed by atoms with Crippen LogP contribution in [0.4, 0.5) is 10.7 Å². The number of benzene rings is 2. The first-order valence-corrected chi connectivity index (χ1v) is 12.0. The van der Waals surface area contributed by atoms with Gasteiger partial charge in [-0.15, -0.1) is 11.3 Å². The predicted octanol–water partition coefficient (Wildman–Crippen LogP) is 6.48. The minimum atomic E-state index is -0.866. The first-order chi connectivity index (χ1) is 16.5. The molecule has 2 aromatic carbocycles. The van der Waals surface area contributed by atoms with Crippen molar-refractivity contribution in [3.05, 3.63) is 73.1 Å². The number of rotatable bonds is 8. The van der Waals surface area contributed by atoms with Crippen molar-refractivity contribution < 1.29 is 24.0 Å². The van der Waals surface area contributed by atoms with E-state index in [9.17, 15) is 19.7 Å². The highest BCUT2D eigenvalue weighted by molar-refractivity contribution is 7.17. The Morgan fingerprint density at radius 2 is 1.74 bits per heavy atom. The summed E-state index contributed by atoms with van der Waals surface area (Å²) in [6.45, 7) is 8.96. The summed E-state index contributed by atoms with van der Waals surface area (Å²) in [5.41, 5.74) is 2.95. The lowest BCUT2D eigenvalue weighted by Crippen LogP contribution is -2.30. The molecule has 0 bridgehead atoms. The lowest BCUT2D eigenvalue weighted by molar-refractivity contribution is -0.384. The third kappa shape index (κ3) is 5.80. The number of nitrogens with one attached hydrogen (secondary N) is 1. The number of aryl methyl sites for hydroxylation is 3. The van der Waals surface area contributed by atoms with Crippen LogP contribution in [-0.2, 0) is 9.53 Å². The van der Waals surface area contributed by atoms with Crippen LogP contribution in [0.3, 0.4) is 0 Å². The number of halogens is 1. The third-order valence-corrected chi connectivity index (χ3v) is 6.88. The molecule has 1 aromatic heterocycles. The van der Waals surface area contributed by atoms with Crippen LogP contribution in [0.2, 0.25) is 5.02 Å². The summed E-state index contributed by atoms with van der Waals surface area (Å²) in [4.78, 5) is 37.1. The Kier molecular flexibility index (Phi) is 8.14. The average molecular weight is 517 g/mol. The van der Waals surface area contributed by atoms with Crippen LogP contribution in [0.15, 0.2) is 36.4 Å². The fraction of sp³-hybridized carbons (Fsp3) is 0.280. The molecule has 10 heteroatoms. The van der Waals surface area contributed by atoms with E-state index in [2.05, 4.69) is 5.32 Å². The molecule has 0 fully saturated rings. The number of non-ortho nitro benzene ring substituents is 1. The standard InChI is InChI=1S/C25H25ClN2O6S/c1-6-33-25(30)21-20(17-7-9-18(10-8-17)28(31)32)16(5)35-24(21)27-23(29)15(4)34-19-11-13(2)22(26)14(3)12-19/h7-12,15H,6H2,1-5H3,(H,27,29). The van der Waals surface area contributed by atoms with Crippen LogP contribution in [0, 0.1) is 30.9 Å². The lowest BCUT2D eigenvalue weighted by Gasteiger charge is -2.16. The van der Waals surface area contributed by atoms with Crippen molar-refractivity contribution in [3.63, 3.8) is 0 Å². The summed E-state index contributed by atoms with van der Waals surface area (Å²) in [7, 11) is 0. The van der Waals surface area contributed by atoms with E-state index < -0.39 is 22.9 Å². The highest BCUT2D eigenvalue weighted by atomic mass is 35.5. The van der Waals surface area contributed by atoms with Gasteiger partial charge in [-0.25, -0.2) is 4.79 Å². The predicted molar refractivity (Wildman–Crippen MR) is 137 cm³/mol. The smallest absolute Gasteiger partial charge is 0.341 e. The molecular formula is C25H25ClN2O6S. The van der Waals surface area contributed by atoms with Gasteiger partial charge in [-0.05, 0) is 75.6 Å². The zero-order valence-electron chi connectivity index (χ0n) is 19.9. The Hall–Kier alpha value is -3.43. The number of ether oxygens (including phenoxy) is 2. The van der Waals surface area contributed by atoms with Crippen LogP contribution in [0.25, 0.3) is 11.1 Å². The number of carbonyl (C=O) groups excluding carboxylic acids is 2. The van der Waals surface area contributed by atoms with Crippen LogP contribution in [-0.4, -0.2) is 29.5 Å². The molecule has 0 aliphatic carbocycles. The molecule has 0 saturated carbocycles. The van der Waals surface area contributed by atoms with Crippen LogP contribution < -0.4 is 10.1 Å². The van der Waals surface area contributed by atoms with E-state index >= 15 is 0 Å². The summed E-state index contributed by atoms with van der Waals surface area (Å²) in [6.07, 6.45) is -0.866. The van der Waals surface area contributed by atoms with Gasteiger partial charge in [-0.2, -0.15) is 0 Å². The molecule has 184 valence electrons. The normalized spacial score (nSPS) is 11.6. The number of amides is 1. The van der Waals surface area contributed by atoms with Gasteiger partial charge in [0.05, 0.1) is 11.5 Å². The minimum Gasteiger partial charge on any atom is -0.481 e. The number of hydrogen-bond donors (Lipinski definition) is 1. The van der Waals surface area contributed by atoms with Gasteiger partial charge in [-0.1, -0.05) is 11.6 Å². The summed E-state index contributed by atoms with van der Waals surface area (Å²) in [6, 6.07) is 9.38. The molecule has 1 N–H and O–H groups in total. The average Bonchev–Trinajstić information content (AvgIpc) is 3.13. The number of hydrogen-bond acceptors (Lipinski definition) is 7. The number of nitro benzene ring substituents is 1. The molecule has 35 heavy (non-hydrogen) atoms. The van der Waals surface area contributed by atoms with E-state index in [-0.39, 0.29) is 17.9 Å². The summed E-state index contributed by atoms with van der Waals surface area (Å²) >= 11 is 7.43. The Morgan fingerprint density at radius 3 is 2.29 bits per heavy atom. The van der Waals surface area contributed by atoms with Crippen LogP contribution >= 0.6 is 22.9 Å². The molecule has 1 unspecified atom stereocenters. The maximum Gasteiger partial charge on any atom is 0.341 e. The molecule has 3 aromatic rings. The molecular weight excluding hydrogens is 492 g/mol. The van der Waals surface area contributed by atoms with E-state index in [1.165, 1.54) is 23.5 Å². The van der Waals surface area contributed by atoms with Crippen LogP contribution in [0.1, 0.15) is 40.2 Å². The Labute approximate surface area is 212 Å². The molecule has 1 atom stereocenters. The lowest BCUT2D eigenvalue weighted by atomic mass is 10.0. The molecule has 0 radical (unpaired) electrons. The van der Waals surface area contributed by atoms with Gasteiger partial charge in [0.15, 0.2) is 6.10 Å². The second-order valence-corrected chi connectivity index (χ2v) is 9.48. The zero-order valence-corrected chi connectivity index (χ0v) is 21.5. The molecule has 3 rings (SSSR count). The van der Waals surface area contributed by atoms with E-state index in [0.717, 1.165) is 16.0 Å². The van der Waals surface area contributed by atoms with Crippen molar-refractivity contribution in [1.29, 1.82) is 0 Å². The zero-order chi connectivity index (χ0) is 25.9. The first kappa shape index (κ1) is 26.2. The summed E-state index contributed by atoms with van der Waals surface area (Å²) < 4.78 is 11.1. The summed E-state index contributed by atoms with van der Waals surface area (Å²) in [5, 5.41) is 14.8.